The molecule has 0 bridgehead atoms. The fourth-order valence-electron chi connectivity index (χ4n) is 2.73. The van der Waals surface area contributed by atoms with Gasteiger partial charge in [-0.3, -0.25) is 9.10 Å². The molecule has 7 heteroatoms. The first-order valence-corrected chi connectivity index (χ1v) is 11.0. The number of nitrogens with zero attached hydrogens (tertiary/aromatic N) is 1. The standard InChI is InChI=1S/C21H28N2O4S/c1-6-20(17-8-7-15(2)16(3)13-17)22-21(24)14-27-19-11-9-18(10-12-19)23(4)28(5,25)26/h7-13,20H,6,14H2,1-5H3,(H,22,24)/t20-/m1/s1. The van der Waals surface area contributed by atoms with Gasteiger partial charge in [0.25, 0.3) is 5.91 Å². The summed E-state index contributed by atoms with van der Waals surface area (Å²) >= 11 is 0. The van der Waals surface area contributed by atoms with Crippen molar-refractivity contribution in [3.63, 3.8) is 0 Å². The van der Waals surface area contributed by atoms with Crippen molar-refractivity contribution in [2.45, 2.75) is 33.2 Å². The zero-order chi connectivity index (χ0) is 20.9. The Bertz CT molecular complexity index is 924. The molecule has 1 atom stereocenters. The minimum atomic E-state index is -3.31. The fourth-order valence-corrected chi connectivity index (χ4v) is 3.24. The fraction of sp³-hybridized carbons (Fsp3) is 0.381. The van der Waals surface area contributed by atoms with E-state index >= 15 is 0 Å². The third-order valence-corrected chi connectivity index (χ3v) is 5.95. The largest absolute Gasteiger partial charge is 0.484 e. The van der Waals surface area contributed by atoms with Gasteiger partial charge in [0.2, 0.25) is 10.0 Å². The molecular weight excluding hydrogens is 376 g/mol. The summed E-state index contributed by atoms with van der Waals surface area (Å²) in [6.45, 7) is 6.04. The lowest BCUT2D eigenvalue weighted by molar-refractivity contribution is -0.123. The third-order valence-electron chi connectivity index (χ3n) is 4.74. The summed E-state index contributed by atoms with van der Waals surface area (Å²) in [6.07, 6.45) is 1.92. The van der Waals surface area contributed by atoms with Gasteiger partial charge in [-0.25, -0.2) is 8.42 Å². The minimum absolute atomic E-state index is 0.0683. The molecule has 0 unspecified atom stereocenters. The lowest BCUT2D eigenvalue weighted by Crippen LogP contribution is -2.32. The van der Waals surface area contributed by atoms with Crippen LogP contribution in [0.15, 0.2) is 42.5 Å². The molecule has 6 nitrogen and oxygen atoms in total. The Morgan fingerprint density at radius 3 is 2.29 bits per heavy atom. The smallest absolute Gasteiger partial charge is 0.258 e. The molecule has 2 rings (SSSR count). The number of amides is 1. The first kappa shape index (κ1) is 21.8. The predicted molar refractivity (Wildman–Crippen MR) is 112 cm³/mol. The van der Waals surface area contributed by atoms with Crippen LogP contribution in [0.5, 0.6) is 5.75 Å². The summed E-state index contributed by atoms with van der Waals surface area (Å²) in [4.78, 5) is 12.3. The molecule has 1 amide bonds. The summed E-state index contributed by atoms with van der Waals surface area (Å²) in [5.74, 6) is 0.294. The van der Waals surface area contributed by atoms with E-state index in [9.17, 15) is 13.2 Å². The third kappa shape index (κ3) is 5.73. The molecule has 0 heterocycles. The number of rotatable bonds is 8. The lowest BCUT2D eigenvalue weighted by atomic mass is 9.99. The zero-order valence-corrected chi connectivity index (χ0v) is 17.8. The van der Waals surface area contributed by atoms with Gasteiger partial charge in [-0.1, -0.05) is 25.1 Å². The molecule has 0 fully saturated rings. The summed E-state index contributed by atoms with van der Waals surface area (Å²) in [7, 11) is -1.83. The molecule has 0 spiro atoms. The van der Waals surface area contributed by atoms with E-state index in [1.165, 1.54) is 22.5 Å². The maximum Gasteiger partial charge on any atom is 0.258 e. The molecular formula is C21H28N2O4S. The lowest BCUT2D eigenvalue weighted by Gasteiger charge is -2.19. The number of anilines is 1. The van der Waals surface area contributed by atoms with E-state index in [-0.39, 0.29) is 18.6 Å². The van der Waals surface area contributed by atoms with Gasteiger partial charge in [-0.05, 0) is 61.2 Å². The number of hydrogen-bond acceptors (Lipinski definition) is 4. The van der Waals surface area contributed by atoms with Crippen molar-refractivity contribution in [3.8, 4) is 5.75 Å². The number of hydrogen-bond donors (Lipinski definition) is 1. The van der Waals surface area contributed by atoms with E-state index in [2.05, 4.69) is 31.3 Å². The average molecular weight is 405 g/mol. The Morgan fingerprint density at radius 1 is 1.11 bits per heavy atom. The Morgan fingerprint density at radius 2 is 1.75 bits per heavy atom. The first-order valence-electron chi connectivity index (χ1n) is 9.15. The van der Waals surface area contributed by atoms with E-state index in [1.807, 2.05) is 13.0 Å². The molecule has 0 saturated heterocycles. The van der Waals surface area contributed by atoms with E-state index in [0.717, 1.165) is 18.2 Å². The number of nitrogens with one attached hydrogen (secondary N) is 1. The normalized spacial score (nSPS) is 12.3. The van der Waals surface area contributed by atoms with Crippen LogP contribution in [0.25, 0.3) is 0 Å². The van der Waals surface area contributed by atoms with E-state index in [0.29, 0.717) is 11.4 Å². The summed E-state index contributed by atoms with van der Waals surface area (Å²) in [6, 6.07) is 12.7. The quantitative estimate of drug-likeness (QED) is 0.732. The monoisotopic (exact) mass is 404 g/mol. The maximum absolute atomic E-state index is 12.3. The Hall–Kier alpha value is -2.54. The van der Waals surface area contributed by atoms with Gasteiger partial charge in [-0.15, -0.1) is 0 Å². The number of sulfonamides is 1. The van der Waals surface area contributed by atoms with Crippen LogP contribution in [0.2, 0.25) is 0 Å². The minimum Gasteiger partial charge on any atom is -0.484 e. The van der Waals surface area contributed by atoms with Crippen molar-refractivity contribution in [1.82, 2.24) is 5.32 Å². The molecule has 0 radical (unpaired) electrons. The Kier molecular flexibility index (Phi) is 7.07. The average Bonchev–Trinajstić information content (AvgIpc) is 2.65. The number of carbonyl (C=O) groups is 1. The second-order valence-corrected chi connectivity index (χ2v) is 8.90. The van der Waals surface area contributed by atoms with Crippen LogP contribution < -0.4 is 14.4 Å². The molecule has 152 valence electrons. The van der Waals surface area contributed by atoms with Gasteiger partial charge >= 0.3 is 0 Å². The van der Waals surface area contributed by atoms with Crippen LogP contribution in [-0.4, -0.2) is 34.2 Å². The topological polar surface area (TPSA) is 75.7 Å². The van der Waals surface area contributed by atoms with E-state index in [4.69, 9.17) is 4.74 Å². The van der Waals surface area contributed by atoms with Crippen LogP contribution in [-0.2, 0) is 14.8 Å². The molecule has 0 saturated carbocycles. The molecule has 28 heavy (non-hydrogen) atoms. The zero-order valence-electron chi connectivity index (χ0n) is 17.0. The van der Waals surface area contributed by atoms with E-state index < -0.39 is 10.0 Å². The molecule has 0 aliphatic carbocycles. The molecule has 0 aliphatic rings. The Labute approximate surface area is 167 Å². The van der Waals surface area contributed by atoms with Crippen LogP contribution in [0.4, 0.5) is 5.69 Å². The highest BCUT2D eigenvalue weighted by Gasteiger charge is 2.15. The molecule has 2 aromatic rings. The van der Waals surface area contributed by atoms with Crippen LogP contribution in [0, 0.1) is 13.8 Å². The van der Waals surface area contributed by atoms with Crippen molar-refractivity contribution < 1.29 is 17.9 Å². The molecule has 0 aromatic heterocycles. The molecule has 0 aliphatic heterocycles. The number of carbonyl (C=O) groups excluding carboxylic acids is 1. The van der Waals surface area contributed by atoms with Gasteiger partial charge in [0.15, 0.2) is 6.61 Å². The van der Waals surface area contributed by atoms with Gasteiger partial charge in [0.1, 0.15) is 5.75 Å². The maximum atomic E-state index is 12.3. The van der Waals surface area contributed by atoms with Crippen molar-refractivity contribution in [3.05, 3.63) is 59.2 Å². The first-order chi connectivity index (χ1) is 13.1. The van der Waals surface area contributed by atoms with Gasteiger partial charge in [-0.2, -0.15) is 0 Å². The summed E-state index contributed by atoms with van der Waals surface area (Å²) in [5.41, 5.74) is 4.02. The predicted octanol–water partition coefficient (Wildman–Crippen LogP) is 3.35. The second kappa shape index (κ2) is 9.10. The highest BCUT2D eigenvalue weighted by atomic mass is 32.2. The number of aryl methyl sites for hydroxylation is 2. The van der Waals surface area contributed by atoms with Gasteiger partial charge in [0.05, 0.1) is 18.0 Å². The highest BCUT2D eigenvalue weighted by Crippen LogP contribution is 2.21. The van der Waals surface area contributed by atoms with Crippen molar-refractivity contribution in [1.29, 1.82) is 0 Å². The molecule has 1 N–H and O–H groups in total. The SMILES string of the molecule is CC[C@@H](NC(=O)COc1ccc(N(C)S(C)(=O)=O)cc1)c1ccc(C)c(C)c1. The van der Waals surface area contributed by atoms with Crippen LogP contribution >= 0.6 is 0 Å². The van der Waals surface area contributed by atoms with E-state index in [1.54, 1.807) is 24.3 Å². The number of benzene rings is 2. The van der Waals surface area contributed by atoms with Crippen molar-refractivity contribution >= 4 is 21.6 Å². The van der Waals surface area contributed by atoms with Crippen molar-refractivity contribution in [2.75, 3.05) is 24.2 Å². The highest BCUT2D eigenvalue weighted by molar-refractivity contribution is 7.92. The second-order valence-electron chi connectivity index (χ2n) is 6.89. The van der Waals surface area contributed by atoms with Crippen LogP contribution in [0.1, 0.15) is 36.1 Å². The Balaban J connectivity index is 1.95. The summed E-state index contributed by atoms with van der Waals surface area (Å²) < 4.78 is 29.8. The molecule has 2 aromatic carbocycles. The number of ether oxygens (including phenoxy) is 1. The van der Waals surface area contributed by atoms with Gasteiger partial charge < -0.3 is 10.1 Å². The van der Waals surface area contributed by atoms with Gasteiger partial charge in [0, 0.05) is 7.05 Å². The summed E-state index contributed by atoms with van der Waals surface area (Å²) in [5, 5.41) is 3.00. The van der Waals surface area contributed by atoms with Crippen LogP contribution in [0.3, 0.4) is 0 Å². The van der Waals surface area contributed by atoms with Crippen molar-refractivity contribution in [2.24, 2.45) is 0 Å².